The highest BCUT2D eigenvalue weighted by atomic mass is 14.9. The molecule has 0 spiro atoms. The van der Waals surface area contributed by atoms with E-state index in [-0.39, 0.29) is 0 Å². The third kappa shape index (κ3) is 2.58. The average molecular weight is 189 g/mol. The summed E-state index contributed by atoms with van der Waals surface area (Å²) in [6.45, 7) is 5.46. The van der Waals surface area contributed by atoms with Gasteiger partial charge in [0.15, 0.2) is 0 Å². The maximum absolute atomic E-state index is 3.59. The zero-order valence-corrected chi connectivity index (χ0v) is 9.09. The summed E-state index contributed by atoms with van der Waals surface area (Å²) in [6.07, 6.45) is 2.84. The van der Waals surface area contributed by atoms with E-state index in [2.05, 4.69) is 43.4 Å². The second kappa shape index (κ2) is 4.14. The lowest BCUT2D eigenvalue weighted by molar-refractivity contribution is 0.496. The van der Waals surface area contributed by atoms with E-state index in [1.54, 1.807) is 0 Å². The zero-order valence-electron chi connectivity index (χ0n) is 9.09. The van der Waals surface area contributed by atoms with Gasteiger partial charge in [0.05, 0.1) is 0 Å². The third-order valence-electron chi connectivity index (χ3n) is 3.04. The van der Waals surface area contributed by atoms with Gasteiger partial charge >= 0.3 is 0 Å². The normalized spacial score (nSPS) is 18.1. The molecule has 1 atom stereocenters. The van der Waals surface area contributed by atoms with Gasteiger partial charge in [0, 0.05) is 12.6 Å². The Morgan fingerprint density at radius 3 is 2.86 bits per heavy atom. The number of nitrogens with one attached hydrogen (secondary N) is 1. The Labute approximate surface area is 86.5 Å². The first-order valence-electron chi connectivity index (χ1n) is 5.54. The summed E-state index contributed by atoms with van der Waals surface area (Å²) in [6, 6.07) is 9.42. The molecular formula is C13H19N. The first-order valence-corrected chi connectivity index (χ1v) is 5.54. The van der Waals surface area contributed by atoms with Crippen molar-refractivity contribution in [1.82, 2.24) is 5.32 Å². The summed E-state index contributed by atoms with van der Waals surface area (Å²) in [4.78, 5) is 0. The number of hydrogen-bond acceptors (Lipinski definition) is 1. The van der Waals surface area contributed by atoms with Crippen molar-refractivity contribution in [2.75, 3.05) is 0 Å². The molecule has 76 valence electrons. The summed E-state index contributed by atoms with van der Waals surface area (Å²) in [7, 11) is 0. The van der Waals surface area contributed by atoms with Gasteiger partial charge in [-0.1, -0.05) is 29.8 Å². The third-order valence-corrected chi connectivity index (χ3v) is 3.04. The summed E-state index contributed by atoms with van der Waals surface area (Å²) in [5, 5.41) is 3.59. The van der Waals surface area contributed by atoms with E-state index in [1.165, 1.54) is 24.0 Å². The van der Waals surface area contributed by atoms with Crippen LogP contribution in [0, 0.1) is 12.8 Å². The molecule has 1 N–H and O–H groups in total. The highest BCUT2D eigenvalue weighted by Crippen LogP contribution is 2.32. The minimum absolute atomic E-state index is 0.690. The quantitative estimate of drug-likeness (QED) is 0.768. The van der Waals surface area contributed by atoms with Gasteiger partial charge in [-0.3, -0.25) is 0 Å². The van der Waals surface area contributed by atoms with Gasteiger partial charge in [0.2, 0.25) is 0 Å². The van der Waals surface area contributed by atoms with E-state index in [0.29, 0.717) is 6.04 Å². The van der Waals surface area contributed by atoms with Crippen LogP contribution in [0.4, 0.5) is 0 Å². The van der Waals surface area contributed by atoms with Crippen LogP contribution in [0.3, 0.4) is 0 Å². The van der Waals surface area contributed by atoms with Gasteiger partial charge in [-0.2, -0.15) is 0 Å². The molecule has 1 nitrogen and oxygen atoms in total. The number of benzene rings is 1. The lowest BCUT2D eigenvalue weighted by Crippen LogP contribution is -2.27. The van der Waals surface area contributed by atoms with Gasteiger partial charge in [-0.05, 0) is 38.2 Å². The van der Waals surface area contributed by atoms with Crippen molar-refractivity contribution in [2.45, 2.75) is 39.3 Å². The van der Waals surface area contributed by atoms with Crippen molar-refractivity contribution in [2.24, 2.45) is 5.92 Å². The lowest BCUT2D eigenvalue weighted by Gasteiger charge is -2.12. The van der Waals surface area contributed by atoms with Gasteiger partial charge in [0.25, 0.3) is 0 Å². The van der Waals surface area contributed by atoms with E-state index < -0.39 is 0 Å². The van der Waals surface area contributed by atoms with Crippen LogP contribution in [-0.4, -0.2) is 6.04 Å². The zero-order chi connectivity index (χ0) is 9.97. The van der Waals surface area contributed by atoms with Crippen molar-refractivity contribution in [3.8, 4) is 0 Å². The molecule has 1 aliphatic carbocycles. The molecule has 0 bridgehead atoms. The number of hydrogen-bond donors (Lipinski definition) is 1. The Kier molecular flexibility index (Phi) is 2.87. The Hall–Kier alpha value is -0.820. The molecule has 0 radical (unpaired) electrons. The van der Waals surface area contributed by atoms with Gasteiger partial charge in [-0.25, -0.2) is 0 Å². The van der Waals surface area contributed by atoms with Gasteiger partial charge in [-0.15, -0.1) is 0 Å². The molecular weight excluding hydrogens is 170 g/mol. The second-order valence-corrected chi connectivity index (χ2v) is 4.50. The molecule has 1 saturated carbocycles. The van der Waals surface area contributed by atoms with Crippen molar-refractivity contribution in [1.29, 1.82) is 0 Å². The van der Waals surface area contributed by atoms with Crippen molar-refractivity contribution >= 4 is 0 Å². The van der Waals surface area contributed by atoms with Crippen LogP contribution in [0.25, 0.3) is 0 Å². The molecule has 0 saturated heterocycles. The summed E-state index contributed by atoms with van der Waals surface area (Å²) < 4.78 is 0. The molecule has 1 aliphatic rings. The predicted octanol–water partition coefficient (Wildman–Crippen LogP) is 2.88. The Morgan fingerprint density at radius 2 is 2.21 bits per heavy atom. The van der Waals surface area contributed by atoms with Crippen LogP contribution in [-0.2, 0) is 6.54 Å². The largest absolute Gasteiger partial charge is 0.310 e. The molecule has 2 rings (SSSR count). The predicted molar refractivity (Wildman–Crippen MR) is 60.2 cm³/mol. The smallest absolute Gasteiger partial charge is 0.0208 e. The Morgan fingerprint density at radius 1 is 1.43 bits per heavy atom. The SMILES string of the molecule is Cc1cccc(CNC(C)C2CC2)c1. The number of rotatable bonds is 4. The monoisotopic (exact) mass is 189 g/mol. The lowest BCUT2D eigenvalue weighted by atomic mass is 10.1. The first-order chi connectivity index (χ1) is 6.75. The number of aryl methyl sites for hydroxylation is 1. The Balaban J connectivity index is 1.84. The first kappa shape index (κ1) is 9.72. The van der Waals surface area contributed by atoms with Crippen LogP contribution in [0.15, 0.2) is 24.3 Å². The molecule has 0 aliphatic heterocycles. The Bertz CT molecular complexity index is 302. The van der Waals surface area contributed by atoms with E-state index >= 15 is 0 Å². The fourth-order valence-electron chi connectivity index (χ4n) is 1.86. The molecule has 1 aromatic rings. The molecule has 0 amide bonds. The molecule has 14 heavy (non-hydrogen) atoms. The van der Waals surface area contributed by atoms with Crippen LogP contribution in [0.5, 0.6) is 0 Å². The molecule has 0 heterocycles. The van der Waals surface area contributed by atoms with E-state index in [4.69, 9.17) is 0 Å². The van der Waals surface area contributed by atoms with Crippen molar-refractivity contribution in [3.63, 3.8) is 0 Å². The van der Waals surface area contributed by atoms with Crippen LogP contribution < -0.4 is 5.32 Å². The van der Waals surface area contributed by atoms with Gasteiger partial charge in [0.1, 0.15) is 0 Å². The minimum Gasteiger partial charge on any atom is -0.310 e. The highest BCUT2D eigenvalue weighted by molar-refractivity contribution is 5.22. The topological polar surface area (TPSA) is 12.0 Å². The summed E-state index contributed by atoms with van der Waals surface area (Å²) >= 11 is 0. The van der Waals surface area contributed by atoms with Crippen LogP contribution >= 0.6 is 0 Å². The summed E-state index contributed by atoms with van der Waals surface area (Å²) in [5.74, 6) is 0.944. The van der Waals surface area contributed by atoms with Crippen LogP contribution in [0.2, 0.25) is 0 Å². The standard InChI is InChI=1S/C13H19N/c1-10-4-3-5-12(8-10)9-14-11(2)13-6-7-13/h3-5,8,11,13-14H,6-7,9H2,1-2H3. The second-order valence-electron chi connectivity index (χ2n) is 4.50. The average Bonchev–Trinajstić information content (AvgIpc) is 2.97. The maximum atomic E-state index is 3.59. The van der Waals surface area contributed by atoms with Gasteiger partial charge < -0.3 is 5.32 Å². The minimum atomic E-state index is 0.690. The van der Waals surface area contributed by atoms with Crippen molar-refractivity contribution < 1.29 is 0 Å². The van der Waals surface area contributed by atoms with E-state index in [0.717, 1.165) is 12.5 Å². The molecule has 1 fully saturated rings. The van der Waals surface area contributed by atoms with E-state index in [1.807, 2.05) is 0 Å². The summed E-state index contributed by atoms with van der Waals surface area (Å²) in [5.41, 5.74) is 2.75. The fourth-order valence-corrected chi connectivity index (χ4v) is 1.86. The molecule has 1 aromatic carbocycles. The molecule has 1 unspecified atom stereocenters. The van der Waals surface area contributed by atoms with Crippen LogP contribution in [0.1, 0.15) is 30.9 Å². The van der Waals surface area contributed by atoms with Crippen molar-refractivity contribution in [3.05, 3.63) is 35.4 Å². The highest BCUT2D eigenvalue weighted by Gasteiger charge is 2.27. The maximum Gasteiger partial charge on any atom is 0.0208 e. The molecule has 0 aromatic heterocycles. The fraction of sp³-hybridized carbons (Fsp3) is 0.538. The molecule has 1 heteroatoms. The van der Waals surface area contributed by atoms with E-state index in [9.17, 15) is 0 Å².